The number of hydrogen-bond donors (Lipinski definition) is 0. The van der Waals surface area contributed by atoms with E-state index in [4.69, 9.17) is 39.5 Å². The zero-order valence-corrected chi connectivity index (χ0v) is 18.6. The largest absolute Gasteiger partial charge is 0.462 e. The van der Waals surface area contributed by atoms with Gasteiger partial charge in [-0.15, -0.1) is 0 Å². The summed E-state index contributed by atoms with van der Waals surface area (Å²) in [6.45, 7) is 4.04. The molecule has 0 radical (unpaired) electrons. The molecule has 2 aromatic carbocycles. The standard InChI is InChI=1S/C22H20Cl3F3O2/c1-3-4-9-30-21(29)16-7-5-14(10-13(16)2)6-8-17(22(26,27)28)15-11-18(23)20(25)19(24)12-15/h5,7-8,10-12H,3-4,6,9H2,1-2H3/b17-8-. The van der Waals surface area contributed by atoms with Crippen molar-refractivity contribution in [2.24, 2.45) is 0 Å². The van der Waals surface area contributed by atoms with E-state index in [-0.39, 0.29) is 27.1 Å². The molecule has 0 fully saturated rings. The second kappa shape index (κ2) is 10.6. The van der Waals surface area contributed by atoms with Crippen LogP contribution < -0.4 is 0 Å². The van der Waals surface area contributed by atoms with Crippen LogP contribution in [0.25, 0.3) is 5.57 Å². The van der Waals surface area contributed by atoms with E-state index >= 15 is 0 Å². The van der Waals surface area contributed by atoms with Gasteiger partial charge in [0.05, 0.1) is 32.8 Å². The first-order chi connectivity index (χ1) is 14.0. The van der Waals surface area contributed by atoms with Gasteiger partial charge in [0.15, 0.2) is 0 Å². The molecule has 30 heavy (non-hydrogen) atoms. The first-order valence-electron chi connectivity index (χ1n) is 9.23. The quantitative estimate of drug-likeness (QED) is 0.228. The zero-order chi connectivity index (χ0) is 22.5. The second-order valence-electron chi connectivity index (χ2n) is 6.71. The number of esters is 1. The molecule has 162 valence electrons. The van der Waals surface area contributed by atoms with Gasteiger partial charge >= 0.3 is 12.1 Å². The number of carbonyl (C=O) groups is 1. The number of carbonyl (C=O) groups excluding carboxylic acids is 1. The van der Waals surface area contributed by atoms with Gasteiger partial charge in [0.1, 0.15) is 0 Å². The minimum Gasteiger partial charge on any atom is -0.462 e. The highest BCUT2D eigenvalue weighted by molar-refractivity contribution is 6.48. The molecule has 0 aliphatic rings. The average molecular weight is 480 g/mol. The highest BCUT2D eigenvalue weighted by atomic mass is 35.5. The number of alkyl halides is 3. The van der Waals surface area contributed by atoms with Gasteiger partial charge < -0.3 is 4.74 Å². The molecule has 0 saturated heterocycles. The molecule has 0 N–H and O–H groups in total. The molecule has 2 rings (SSSR count). The van der Waals surface area contributed by atoms with Crippen LogP contribution in [-0.2, 0) is 11.2 Å². The Balaban J connectivity index is 2.28. The molecule has 0 bridgehead atoms. The maximum atomic E-state index is 13.6. The summed E-state index contributed by atoms with van der Waals surface area (Å²) in [7, 11) is 0. The summed E-state index contributed by atoms with van der Waals surface area (Å²) >= 11 is 17.6. The Labute approximate surface area is 188 Å². The molecule has 0 aliphatic carbocycles. The van der Waals surface area contributed by atoms with E-state index in [2.05, 4.69) is 0 Å². The van der Waals surface area contributed by atoms with Gasteiger partial charge in [-0.3, -0.25) is 0 Å². The van der Waals surface area contributed by atoms with Gasteiger partial charge in [-0.2, -0.15) is 13.2 Å². The summed E-state index contributed by atoms with van der Waals surface area (Å²) < 4.78 is 46.0. The molecule has 0 atom stereocenters. The predicted octanol–water partition coefficient (Wildman–Crippen LogP) is 8.10. The molecule has 0 aromatic heterocycles. The van der Waals surface area contributed by atoms with E-state index in [1.165, 1.54) is 0 Å². The van der Waals surface area contributed by atoms with Crippen molar-refractivity contribution in [2.75, 3.05) is 6.61 Å². The molecule has 2 nitrogen and oxygen atoms in total. The smallest absolute Gasteiger partial charge is 0.416 e. The number of unbranched alkanes of at least 4 members (excludes halogenated alkanes) is 1. The first-order valence-corrected chi connectivity index (χ1v) is 10.4. The predicted molar refractivity (Wildman–Crippen MR) is 116 cm³/mol. The first kappa shape index (κ1) is 24.6. The summed E-state index contributed by atoms with van der Waals surface area (Å²) in [5, 5.41) is -0.118. The summed E-state index contributed by atoms with van der Waals surface area (Å²) in [6, 6.07) is 7.11. The summed E-state index contributed by atoms with van der Waals surface area (Å²) in [5.74, 6) is -0.440. The molecule has 0 heterocycles. The van der Waals surface area contributed by atoms with E-state index in [1.807, 2.05) is 6.92 Å². The van der Waals surface area contributed by atoms with Crippen LogP contribution in [0.4, 0.5) is 13.2 Å². The van der Waals surface area contributed by atoms with Gasteiger partial charge in [0.2, 0.25) is 0 Å². The van der Waals surface area contributed by atoms with Crippen molar-refractivity contribution < 1.29 is 22.7 Å². The maximum Gasteiger partial charge on any atom is 0.416 e. The third kappa shape index (κ3) is 6.40. The van der Waals surface area contributed by atoms with Crippen molar-refractivity contribution in [3.8, 4) is 0 Å². The fourth-order valence-corrected chi connectivity index (χ4v) is 3.39. The molecular formula is C22H20Cl3F3O2. The SMILES string of the molecule is CCCCOC(=O)c1ccc(C/C=C(/c2cc(Cl)c(Cl)c(Cl)c2)C(F)(F)F)cc1C. The van der Waals surface area contributed by atoms with Crippen molar-refractivity contribution in [3.05, 3.63) is 73.7 Å². The van der Waals surface area contributed by atoms with E-state index in [0.717, 1.165) is 31.1 Å². The molecule has 0 amide bonds. The summed E-state index contributed by atoms with van der Waals surface area (Å²) in [6.07, 6.45) is -1.88. The van der Waals surface area contributed by atoms with E-state index in [0.29, 0.717) is 23.3 Å². The Morgan fingerprint density at radius 1 is 1.10 bits per heavy atom. The monoisotopic (exact) mass is 478 g/mol. The minimum atomic E-state index is -4.61. The number of halogens is 6. The van der Waals surface area contributed by atoms with Crippen molar-refractivity contribution in [1.82, 2.24) is 0 Å². The normalized spacial score (nSPS) is 12.2. The molecule has 0 spiro atoms. The van der Waals surface area contributed by atoms with Gasteiger partial charge in [-0.25, -0.2) is 4.79 Å². The second-order valence-corrected chi connectivity index (χ2v) is 7.90. The highest BCUT2D eigenvalue weighted by Gasteiger charge is 2.35. The summed E-state index contributed by atoms with van der Waals surface area (Å²) in [5.41, 5.74) is 0.601. The Morgan fingerprint density at radius 3 is 2.27 bits per heavy atom. The lowest BCUT2D eigenvalue weighted by Crippen LogP contribution is -2.11. The fraction of sp³-hybridized carbons (Fsp3) is 0.318. The van der Waals surface area contributed by atoms with Gasteiger partial charge in [0, 0.05) is 0 Å². The van der Waals surface area contributed by atoms with Gasteiger partial charge in [-0.1, -0.05) is 66.4 Å². The summed E-state index contributed by atoms with van der Waals surface area (Å²) in [4.78, 5) is 12.1. The Morgan fingerprint density at radius 2 is 1.73 bits per heavy atom. The molecule has 0 saturated carbocycles. The lowest BCUT2D eigenvalue weighted by Gasteiger charge is -2.14. The zero-order valence-electron chi connectivity index (χ0n) is 16.4. The lowest BCUT2D eigenvalue weighted by molar-refractivity contribution is -0.0690. The molecule has 0 unspecified atom stereocenters. The van der Waals surface area contributed by atoms with Crippen molar-refractivity contribution in [3.63, 3.8) is 0 Å². The van der Waals surface area contributed by atoms with Crippen LogP contribution in [0.1, 0.15) is 46.8 Å². The molecular weight excluding hydrogens is 460 g/mol. The van der Waals surface area contributed by atoms with Crippen LogP contribution >= 0.6 is 34.8 Å². The minimum absolute atomic E-state index is 0.000596. The number of hydrogen-bond acceptors (Lipinski definition) is 2. The molecule has 8 heteroatoms. The lowest BCUT2D eigenvalue weighted by atomic mass is 9.99. The van der Waals surface area contributed by atoms with E-state index in [9.17, 15) is 18.0 Å². The van der Waals surface area contributed by atoms with Crippen molar-refractivity contribution in [2.45, 2.75) is 39.3 Å². The van der Waals surface area contributed by atoms with Crippen LogP contribution in [0, 0.1) is 6.92 Å². The van der Waals surface area contributed by atoms with Crippen LogP contribution in [0.5, 0.6) is 0 Å². The van der Waals surface area contributed by atoms with Crippen LogP contribution in [0.3, 0.4) is 0 Å². The third-order valence-corrected chi connectivity index (χ3v) is 5.58. The fourth-order valence-electron chi connectivity index (χ4n) is 2.80. The Bertz CT molecular complexity index is 930. The number of rotatable bonds is 7. The number of allylic oxidation sites excluding steroid dienone is 2. The van der Waals surface area contributed by atoms with Crippen LogP contribution in [0.2, 0.25) is 15.1 Å². The molecule has 0 aliphatic heterocycles. The number of ether oxygens (including phenoxy) is 1. The van der Waals surface area contributed by atoms with Crippen LogP contribution in [-0.4, -0.2) is 18.8 Å². The van der Waals surface area contributed by atoms with Gasteiger partial charge in [0.25, 0.3) is 0 Å². The van der Waals surface area contributed by atoms with Crippen molar-refractivity contribution in [1.29, 1.82) is 0 Å². The van der Waals surface area contributed by atoms with Crippen LogP contribution in [0.15, 0.2) is 36.4 Å². The van der Waals surface area contributed by atoms with E-state index < -0.39 is 17.7 Å². The van der Waals surface area contributed by atoms with Crippen molar-refractivity contribution >= 4 is 46.3 Å². The Hall–Kier alpha value is -1.69. The van der Waals surface area contributed by atoms with E-state index in [1.54, 1.807) is 25.1 Å². The Kier molecular flexibility index (Phi) is 8.65. The number of aryl methyl sites for hydroxylation is 1. The van der Waals surface area contributed by atoms with Gasteiger partial charge in [-0.05, 0) is 54.7 Å². The average Bonchev–Trinajstić information content (AvgIpc) is 2.65. The highest BCUT2D eigenvalue weighted by Crippen LogP contribution is 2.39. The number of benzene rings is 2. The maximum absolute atomic E-state index is 13.6. The molecule has 2 aromatic rings. The topological polar surface area (TPSA) is 26.3 Å². The third-order valence-electron chi connectivity index (χ3n) is 4.38.